The molecule has 2 aromatic rings. The summed E-state index contributed by atoms with van der Waals surface area (Å²) in [7, 11) is 0. The van der Waals surface area contributed by atoms with E-state index in [4.69, 9.17) is 14.2 Å². The van der Waals surface area contributed by atoms with E-state index in [0.717, 1.165) is 22.3 Å². The van der Waals surface area contributed by atoms with Crippen LogP contribution >= 0.6 is 0 Å². The number of nitrogens with zero attached hydrogens (tertiary/aromatic N) is 1. The lowest BCUT2D eigenvalue weighted by Gasteiger charge is -2.21. The van der Waals surface area contributed by atoms with Crippen molar-refractivity contribution < 1.29 is 33.4 Å². The summed E-state index contributed by atoms with van der Waals surface area (Å²) in [6.45, 7) is 12.7. The zero-order valence-corrected chi connectivity index (χ0v) is 27.1. The normalized spacial score (nSPS) is 13.5. The lowest BCUT2D eigenvalue weighted by Crippen LogP contribution is -2.48. The lowest BCUT2D eigenvalue weighted by molar-refractivity contribution is -0.123. The van der Waals surface area contributed by atoms with E-state index in [1.165, 1.54) is 0 Å². The van der Waals surface area contributed by atoms with Crippen LogP contribution in [0.4, 0.5) is 14.4 Å². The van der Waals surface area contributed by atoms with E-state index in [2.05, 4.69) is 38.4 Å². The number of aliphatic imine (C=N–C) groups is 1. The van der Waals surface area contributed by atoms with E-state index in [-0.39, 0.29) is 37.4 Å². The first kappa shape index (κ1) is 34.9. The van der Waals surface area contributed by atoms with Gasteiger partial charge in [0.25, 0.3) is 0 Å². The molecular formula is C33H45N5O7. The van der Waals surface area contributed by atoms with Crippen LogP contribution in [0.1, 0.15) is 78.4 Å². The van der Waals surface area contributed by atoms with Gasteiger partial charge >= 0.3 is 18.3 Å². The highest BCUT2D eigenvalue weighted by molar-refractivity contribution is 5.98. The molecule has 1 aliphatic rings. The fraction of sp³-hybridized carbons (Fsp3) is 0.485. The molecule has 12 nitrogen and oxygen atoms in total. The van der Waals surface area contributed by atoms with E-state index in [9.17, 15) is 19.2 Å². The Hall–Kier alpha value is -4.61. The van der Waals surface area contributed by atoms with Crippen LogP contribution in [-0.2, 0) is 19.0 Å². The van der Waals surface area contributed by atoms with Gasteiger partial charge in [0.1, 0.15) is 23.9 Å². The molecule has 0 radical (unpaired) electrons. The van der Waals surface area contributed by atoms with E-state index < -0.39 is 35.5 Å². The molecule has 2 aromatic carbocycles. The Balaban J connectivity index is 1.60. The Morgan fingerprint density at radius 1 is 0.822 bits per heavy atom. The van der Waals surface area contributed by atoms with E-state index in [1.807, 2.05) is 36.4 Å². The molecule has 0 aromatic heterocycles. The SMILES string of the molecule is CCNC(=O)[C@H](CCCN/C(=N\C(=O)OC(C)(C)C)NC(=O)OC(C)(C)C)NC(=O)OCC1c2ccccc2-c2ccccc21. The number of guanidine groups is 1. The first-order chi connectivity index (χ1) is 21.2. The maximum Gasteiger partial charge on any atom is 0.437 e. The molecule has 0 saturated heterocycles. The second-order valence-corrected chi connectivity index (χ2v) is 12.6. The summed E-state index contributed by atoms with van der Waals surface area (Å²) in [5, 5.41) is 10.7. The number of benzene rings is 2. The number of amides is 4. The van der Waals surface area contributed by atoms with Crippen molar-refractivity contribution in [2.45, 2.75) is 84.5 Å². The molecule has 0 bridgehead atoms. The maximum absolute atomic E-state index is 12.9. The summed E-state index contributed by atoms with van der Waals surface area (Å²) < 4.78 is 16.1. The molecule has 1 aliphatic carbocycles. The highest BCUT2D eigenvalue weighted by atomic mass is 16.6. The minimum atomic E-state index is -0.904. The number of carbonyl (C=O) groups is 4. The number of fused-ring (bicyclic) bond motifs is 3. The fourth-order valence-electron chi connectivity index (χ4n) is 4.75. The van der Waals surface area contributed by atoms with Crippen molar-refractivity contribution >= 4 is 30.1 Å². The number of rotatable bonds is 9. The van der Waals surface area contributed by atoms with Gasteiger partial charge in [-0.05, 0) is 83.6 Å². The molecular weight excluding hydrogens is 578 g/mol. The van der Waals surface area contributed by atoms with Crippen molar-refractivity contribution in [3.8, 4) is 11.1 Å². The van der Waals surface area contributed by atoms with Crippen LogP contribution in [0.3, 0.4) is 0 Å². The zero-order chi connectivity index (χ0) is 33.2. The minimum absolute atomic E-state index is 0.115. The van der Waals surface area contributed by atoms with Gasteiger partial charge in [-0.25, -0.2) is 14.4 Å². The van der Waals surface area contributed by atoms with Crippen molar-refractivity contribution in [2.24, 2.45) is 4.99 Å². The van der Waals surface area contributed by atoms with Crippen LogP contribution in [0.5, 0.6) is 0 Å². The van der Waals surface area contributed by atoms with Crippen LogP contribution < -0.4 is 21.3 Å². The molecule has 12 heteroatoms. The number of carbonyl (C=O) groups excluding carboxylic acids is 4. The van der Waals surface area contributed by atoms with Crippen molar-refractivity contribution in [1.29, 1.82) is 0 Å². The lowest BCUT2D eigenvalue weighted by atomic mass is 9.98. The molecule has 0 aliphatic heterocycles. The number of likely N-dealkylation sites (N-methyl/N-ethyl adjacent to an activating group) is 1. The quantitative estimate of drug-likeness (QED) is 0.128. The zero-order valence-electron chi connectivity index (χ0n) is 27.1. The predicted molar refractivity (Wildman–Crippen MR) is 171 cm³/mol. The summed E-state index contributed by atoms with van der Waals surface area (Å²) in [6, 6.07) is 15.2. The smallest absolute Gasteiger partial charge is 0.437 e. The van der Waals surface area contributed by atoms with Crippen LogP contribution in [0.15, 0.2) is 53.5 Å². The van der Waals surface area contributed by atoms with E-state index in [1.54, 1.807) is 48.5 Å². The minimum Gasteiger partial charge on any atom is -0.449 e. The van der Waals surface area contributed by atoms with E-state index in [0.29, 0.717) is 13.0 Å². The second kappa shape index (κ2) is 15.4. The standard InChI is InChI=1S/C33H45N5O7/c1-8-34-27(39)26(18-13-19-35-28(37-30(41)44-32(2,3)4)38-31(42)45-33(5,6)7)36-29(40)43-20-25-23-16-11-9-14-21(23)22-15-10-12-17-24(22)25/h9-12,14-17,25-26H,8,13,18-20H2,1-7H3,(H,34,39)(H,36,40)(H2,35,37,38,41,42)/t26-/m0/s1. The van der Waals surface area contributed by atoms with Crippen molar-refractivity contribution in [2.75, 3.05) is 19.7 Å². The number of nitrogens with one attached hydrogen (secondary N) is 4. The number of alkyl carbamates (subject to hydrolysis) is 2. The third-order valence-corrected chi connectivity index (χ3v) is 6.48. The molecule has 0 saturated carbocycles. The van der Waals surface area contributed by atoms with Gasteiger partial charge in [0.15, 0.2) is 0 Å². The van der Waals surface area contributed by atoms with Gasteiger partial charge in [-0.15, -0.1) is 4.99 Å². The molecule has 0 unspecified atom stereocenters. The van der Waals surface area contributed by atoms with Gasteiger partial charge in [-0.2, -0.15) is 0 Å². The molecule has 0 heterocycles. The Morgan fingerprint density at radius 3 is 1.96 bits per heavy atom. The Kier molecular flexibility index (Phi) is 11.9. The largest absolute Gasteiger partial charge is 0.449 e. The molecule has 0 spiro atoms. The van der Waals surface area contributed by atoms with Gasteiger partial charge in [0, 0.05) is 19.0 Å². The summed E-state index contributed by atoms with van der Waals surface area (Å²) in [5.74, 6) is -0.645. The molecule has 244 valence electrons. The average Bonchev–Trinajstić information content (AvgIpc) is 3.25. The van der Waals surface area contributed by atoms with Gasteiger partial charge in [-0.3, -0.25) is 10.1 Å². The monoisotopic (exact) mass is 623 g/mol. The first-order valence-electron chi connectivity index (χ1n) is 15.1. The number of hydrogen-bond acceptors (Lipinski definition) is 7. The fourth-order valence-corrected chi connectivity index (χ4v) is 4.75. The summed E-state index contributed by atoms with van der Waals surface area (Å²) in [5.41, 5.74) is 2.84. The molecule has 3 rings (SSSR count). The van der Waals surface area contributed by atoms with Crippen LogP contribution in [0.25, 0.3) is 11.1 Å². The average molecular weight is 624 g/mol. The van der Waals surface area contributed by atoms with Crippen molar-refractivity contribution in [3.63, 3.8) is 0 Å². The van der Waals surface area contributed by atoms with Crippen LogP contribution in [-0.4, -0.2) is 67.1 Å². The topological polar surface area (TPSA) is 156 Å². The van der Waals surface area contributed by atoms with Crippen LogP contribution in [0, 0.1) is 0 Å². The second-order valence-electron chi connectivity index (χ2n) is 12.6. The van der Waals surface area contributed by atoms with Crippen molar-refractivity contribution in [3.05, 3.63) is 59.7 Å². The van der Waals surface area contributed by atoms with Gasteiger partial charge in [0.05, 0.1) is 0 Å². The van der Waals surface area contributed by atoms with Gasteiger partial charge in [0.2, 0.25) is 11.9 Å². The first-order valence-corrected chi connectivity index (χ1v) is 15.1. The maximum atomic E-state index is 12.9. The Bertz CT molecular complexity index is 1350. The predicted octanol–water partition coefficient (Wildman–Crippen LogP) is 5.22. The third-order valence-electron chi connectivity index (χ3n) is 6.48. The summed E-state index contributed by atoms with van der Waals surface area (Å²) >= 11 is 0. The Morgan fingerprint density at radius 2 is 1.40 bits per heavy atom. The third kappa shape index (κ3) is 11.1. The van der Waals surface area contributed by atoms with Crippen LogP contribution in [0.2, 0.25) is 0 Å². The van der Waals surface area contributed by atoms with Gasteiger partial charge in [-0.1, -0.05) is 48.5 Å². The molecule has 45 heavy (non-hydrogen) atoms. The number of hydrogen-bond donors (Lipinski definition) is 4. The Labute approximate surface area is 264 Å². The molecule has 1 atom stereocenters. The molecule has 0 fully saturated rings. The highest BCUT2D eigenvalue weighted by Crippen LogP contribution is 2.44. The molecule has 4 N–H and O–H groups in total. The molecule has 4 amide bonds. The number of ether oxygens (including phenoxy) is 3. The van der Waals surface area contributed by atoms with Gasteiger partial charge < -0.3 is 30.2 Å². The highest BCUT2D eigenvalue weighted by Gasteiger charge is 2.30. The summed E-state index contributed by atoms with van der Waals surface area (Å²) in [4.78, 5) is 54.1. The summed E-state index contributed by atoms with van der Waals surface area (Å²) in [6.07, 6.45) is -1.84. The van der Waals surface area contributed by atoms with Crippen molar-refractivity contribution in [1.82, 2.24) is 21.3 Å². The van der Waals surface area contributed by atoms with E-state index >= 15 is 0 Å².